The molecule has 1 aromatic rings. The Hall–Kier alpha value is -1.07. The van der Waals surface area contributed by atoms with Crippen molar-refractivity contribution in [2.75, 3.05) is 66.4 Å². The molecule has 2 aliphatic heterocycles. The molecule has 0 bridgehead atoms. The van der Waals surface area contributed by atoms with E-state index in [1.54, 1.807) is 0 Å². The standard InChI is InChI=1S/C14H21N3OS/c15-13-2-1-12(16-3-7-18-8-4-16)11-14(13)17-5-9-19-10-6-17/h1-2,11H,3-10,15H2. The van der Waals surface area contributed by atoms with E-state index >= 15 is 0 Å². The van der Waals surface area contributed by atoms with E-state index in [1.807, 2.05) is 17.8 Å². The van der Waals surface area contributed by atoms with Crippen molar-refractivity contribution in [3.8, 4) is 0 Å². The van der Waals surface area contributed by atoms with Crippen LogP contribution in [0.25, 0.3) is 0 Å². The van der Waals surface area contributed by atoms with Crippen LogP contribution in [0.5, 0.6) is 0 Å². The Kier molecular flexibility index (Phi) is 4.03. The maximum absolute atomic E-state index is 6.16. The van der Waals surface area contributed by atoms with Gasteiger partial charge in [0.05, 0.1) is 24.6 Å². The Balaban J connectivity index is 1.82. The number of hydrogen-bond acceptors (Lipinski definition) is 5. The molecule has 0 aromatic heterocycles. The summed E-state index contributed by atoms with van der Waals surface area (Å²) in [5.74, 6) is 2.39. The maximum Gasteiger partial charge on any atom is 0.0642 e. The third-order valence-corrected chi connectivity index (χ3v) is 4.68. The highest BCUT2D eigenvalue weighted by molar-refractivity contribution is 7.99. The molecule has 0 amide bonds. The van der Waals surface area contributed by atoms with Crippen LogP contribution in [-0.4, -0.2) is 50.9 Å². The van der Waals surface area contributed by atoms with Gasteiger partial charge in [0.15, 0.2) is 0 Å². The summed E-state index contributed by atoms with van der Waals surface area (Å²) in [4.78, 5) is 4.79. The largest absolute Gasteiger partial charge is 0.397 e. The molecule has 4 nitrogen and oxygen atoms in total. The molecule has 0 atom stereocenters. The van der Waals surface area contributed by atoms with E-state index in [4.69, 9.17) is 10.5 Å². The fourth-order valence-corrected chi connectivity index (χ4v) is 3.53. The van der Waals surface area contributed by atoms with Crippen LogP contribution < -0.4 is 15.5 Å². The molecule has 5 heteroatoms. The minimum absolute atomic E-state index is 0.820. The second kappa shape index (κ2) is 5.92. The molecule has 0 aliphatic carbocycles. The van der Waals surface area contributed by atoms with Gasteiger partial charge in [0.2, 0.25) is 0 Å². The maximum atomic E-state index is 6.16. The number of thioether (sulfide) groups is 1. The van der Waals surface area contributed by atoms with Gasteiger partial charge in [0, 0.05) is 43.4 Å². The SMILES string of the molecule is Nc1ccc(N2CCOCC2)cc1N1CCSCC1. The zero-order valence-electron chi connectivity index (χ0n) is 11.2. The molecule has 2 N–H and O–H groups in total. The van der Waals surface area contributed by atoms with Crippen molar-refractivity contribution < 1.29 is 4.74 Å². The van der Waals surface area contributed by atoms with Gasteiger partial charge in [-0.15, -0.1) is 0 Å². The number of rotatable bonds is 2. The Labute approximate surface area is 118 Å². The van der Waals surface area contributed by atoms with Crippen molar-refractivity contribution in [2.45, 2.75) is 0 Å². The van der Waals surface area contributed by atoms with Gasteiger partial charge in [0.1, 0.15) is 0 Å². The van der Waals surface area contributed by atoms with Gasteiger partial charge in [-0.3, -0.25) is 0 Å². The fraction of sp³-hybridized carbons (Fsp3) is 0.571. The highest BCUT2D eigenvalue weighted by Gasteiger charge is 2.17. The number of nitrogens with two attached hydrogens (primary N) is 1. The van der Waals surface area contributed by atoms with Crippen molar-refractivity contribution in [3.63, 3.8) is 0 Å². The first-order chi connectivity index (χ1) is 9.34. The Morgan fingerprint density at radius 2 is 1.74 bits per heavy atom. The first-order valence-corrected chi connectivity index (χ1v) is 8.05. The van der Waals surface area contributed by atoms with Gasteiger partial charge in [-0.25, -0.2) is 0 Å². The van der Waals surface area contributed by atoms with E-state index in [0.717, 1.165) is 45.1 Å². The fourth-order valence-electron chi connectivity index (χ4n) is 2.63. The first kappa shape index (κ1) is 12.9. The molecule has 0 unspecified atom stereocenters. The van der Waals surface area contributed by atoms with Gasteiger partial charge in [0.25, 0.3) is 0 Å². The van der Waals surface area contributed by atoms with E-state index in [2.05, 4.69) is 21.9 Å². The number of benzene rings is 1. The topological polar surface area (TPSA) is 41.7 Å². The average Bonchev–Trinajstić information content (AvgIpc) is 2.49. The summed E-state index contributed by atoms with van der Waals surface area (Å²) in [5, 5.41) is 0. The molecule has 1 aromatic carbocycles. The van der Waals surface area contributed by atoms with Crippen molar-refractivity contribution in [1.82, 2.24) is 0 Å². The predicted molar refractivity (Wildman–Crippen MR) is 83.4 cm³/mol. The highest BCUT2D eigenvalue weighted by atomic mass is 32.2. The average molecular weight is 279 g/mol. The van der Waals surface area contributed by atoms with E-state index in [0.29, 0.717) is 0 Å². The lowest BCUT2D eigenvalue weighted by atomic mass is 10.2. The van der Waals surface area contributed by atoms with Crippen LogP contribution in [0.2, 0.25) is 0 Å². The number of nitrogen functional groups attached to an aromatic ring is 1. The lowest BCUT2D eigenvalue weighted by Crippen LogP contribution is -2.37. The minimum atomic E-state index is 0.820. The zero-order valence-corrected chi connectivity index (χ0v) is 12.0. The zero-order chi connectivity index (χ0) is 13.1. The molecular weight excluding hydrogens is 258 g/mol. The minimum Gasteiger partial charge on any atom is -0.397 e. The molecule has 2 heterocycles. The van der Waals surface area contributed by atoms with Crippen molar-refractivity contribution in [1.29, 1.82) is 0 Å². The van der Waals surface area contributed by atoms with Crippen molar-refractivity contribution >= 4 is 28.8 Å². The molecule has 2 saturated heterocycles. The highest BCUT2D eigenvalue weighted by Crippen LogP contribution is 2.30. The van der Waals surface area contributed by atoms with Gasteiger partial charge >= 0.3 is 0 Å². The van der Waals surface area contributed by atoms with Crippen LogP contribution in [-0.2, 0) is 4.74 Å². The van der Waals surface area contributed by atoms with Gasteiger partial charge < -0.3 is 20.3 Å². The lowest BCUT2D eigenvalue weighted by Gasteiger charge is -2.33. The second-order valence-electron chi connectivity index (χ2n) is 4.94. The van der Waals surface area contributed by atoms with Gasteiger partial charge in [-0.1, -0.05) is 0 Å². The summed E-state index contributed by atoms with van der Waals surface area (Å²) in [5.41, 5.74) is 9.52. The third-order valence-electron chi connectivity index (χ3n) is 3.74. The van der Waals surface area contributed by atoms with E-state index in [1.165, 1.54) is 22.9 Å². The number of hydrogen-bond donors (Lipinski definition) is 1. The van der Waals surface area contributed by atoms with Gasteiger partial charge in [-0.2, -0.15) is 11.8 Å². The number of nitrogens with zero attached hydrogens (tertiary/aromatic N) is 2. The molecule has 2 fully saturated rings. The number of ether oxygens (including phenoxy) is 1. The van der Waals surface area contributed by atoms with Crippen LogP contribution >= 0.6 is 11.8 Å². The molecular formula is C14H21N3OS. The molecule has 0 saturated carbocycles. The molecule has 104 valence electrons. The van der Waals surface area contributed by atoms with E-state index in [9.17, 15) is 0 Å². The van der Waals surface area contributed by atoms with Crippen molar-refractivity contribution in [3.05, 3.63) is 18.2 Å². The van der Waals surface area contributed by atoms with E-state index < -0.39 is 0 Å². The Morgan fingerprint density at radius 3 is 2.47 bits per heavy atom. The quantitative estimate of drug-likeness (QED) is 0.834. The van der Waals surface area contributed by atoms with Crippen LogP contribution in [0.1, 0.15) is 0 Å². The summed E-state index contributed by atoms with van der Waals surface area (Å²) in [6.07, 6.45) is 0. The van der Waals surface area contributed by atoms with Crippen LogP contribution in [0.15, 0.2) is 18.2 Å². The van der Waals surface area contributed by atoms with Crippen LogP contribution in [0.4, 0.5) is 17.1 Å². The molecule has 19 heavy (non-hydrogen) atoms. The van der Waals surface area contributed by atoms with Gasteiger partial charge in [-0.05, 0) is 18.2 Å². The molecule has 3 rings (SSSR count). The normalized spacial score (nSPS) is 20.6. The van der Waals surface area contributed by atoms with E-state index in [-0.39, 0.29) is 0 Å². The monoisotopic (exact) mass is 279 g/mol. The summed E-state index contributed by atoms with van der Waals surface area (Å²) in [6.45, 7) is 5.78. The van der Waals surface area contributed by atoms with Crippen LogP contribution in [0.3, 0.4) is 0 Å². The molecule has 2 aliphatic rings. The summed E-state index contributed by atoms with van der Waals surface area (Å²) < 4.78 is 5.41. The smallest absolute Gasteiger partial charge is 0.0642 e. The summed E-state index contributed by atoms with van der Waals surface area (Å²) in [6, 6.07) is 6.42. The Morgan fingerprint density at radius 1 is 1.00 bits per heavy atom. The number of anilines is 3. The second-order valence-corrected chi connectivity index (χ2v) is 6.17. The molecule has 0 radical (unpaired) electrons. The first-order valence-electron chi connectivity index (χ1n) is 6.89. The lowest BCUT2D eigenvalue weighted by molar-refractivity contribution is 0.122. The van der Waals surface area contributed by atoms with Crippen LogP contribution in [0, 0.1) is 0 Å². The predicted octanol–water partition coefficient (Wildman–Crippen LogP) is 1.66. The third kappa shape index (κ3) is 2.92. The summed E-state index contributed by atoms with van der Waals surface area (Å²) in [7, 11) is 0. The Bertz CT molecular complexity index is 429. The number of morpholine rings is 1. The molecule has 0 spiro atoms. The summed E-state index contributed by atoms with van der Waals surface area (Å²) >= 11 is 2.02. The van der Waals surface area contributed by atoms with Crippen molar-refractivity contribution in [2.24, 2.45) is 0 Å².